The highest BCUT2D eigenvalue weighted by molar-refractivity contribution is 5.83. The monoisotopic (exact) mass is 250 g/mol. The molecule has 2 N–H and O–H groups in total. The van der Waals surface area contributed by atoms with Gasteiger partial charge in [0.05, 0.1) is 20.3 Å². The summed E-state index contributed by atoms with van der Waals surface area (Å²) in [7, 11) is 3.22. The Morgan fingerprint density at radius 2 is 2.17 bits per heavy atom. The Hall–Kier alpha value is -1.75. The first-order valence-corrected chi connectivity index (χ1v) is 5.91. The van der Waals surface area contributed by atoms with Crippen molar-refractivity contribution < 1.29 is 14.3 Å². The summed E-state index contributed by atoms with van der Waals surface area (Å²) in [5.41, 5.74) is 6.66. The van der Waals surface area contributed by atoms with E-state index in [1.165, 1.54) is 0 Å². The summed E-state index contributed by atoms with van der Waals surface area (Å²) in [5, 5.41) is 0. The zero-order valence-electron chi connectivity index (χ0n) is 10.7. The van der Waals surface area contributed by atoms with Crippen LogP contribution in [0.1, 0.15) is 12.0 Å². The topological polar surface area (TPSA) is 64.8 Å². The van der Waals surface area contributed by atoms with Crippen molar-refractivity contribution in [3.63, 3.8) is 0 Å². The van der Waals surface area contributed by atoms with Crippen LogP contribution in [0.2, 0.25) is 0 Å². The van der Waals surface area contributed by atoms with E-state index in [4.69, 9.17) is 15.2 Å². The molecule has 0 spiro atoms. The Labute approximate surface area is 106 Å². The highest BCUT2D eigenvalue weighted by Crippen LogP contribution is 2.26. The average Bonchev–Trinajstić information content (AvgIpc) is 2.71. The molecule has 0 radical (unpaired) electrons. The van der Waals surface area contributed by atoms with Crippen LogP contribution >= 0.6 is 0 Å². The lowest BCUT2D eigenvalue weighted by Crippen LogP contribution is -2.33. The average molecular weight is 250 g/mol. The summed E-state index contributed by atoms with van der Waals surface area (Å²) in [4.78, 5) is 13.5. The Kier molecular flexibility index (Phi) is 3.72. The fourth-order valence-corrected chi connectivity index (χ4v) is 2.11. The summed E-state index contributed by atoms with van der Waals surface area (Å²) >= 11 is 0. The van der Waals surface area contributed by atoms with Gasteiger partial charge in [-0.05, 0) is 18.6 Å². The minimum atomic E-state index is -0.353. The minimum absolute atomic E-state index is 0.00729. The van der Waals surface area contributed by atoms with Crippen LogP contribution in [0.3, 0.4) is 0 Å². The van der Waals surface area contributed by atoms with E-state index in [0.29, 0.717) is 13.1 Å². The van der Waals surface area contributed by atoms with Crippen LogP contribution in [0, 0.1) is 0 Å². The molecule has 1 saturated heterocycles. The minimum Gasteiger partial charge on any atom is -0.497 e. The first kappa shape index (κ1) is 12.7. The maximum atomic E-state index is 11.8. The standard InChI is InChI=1S/C13H18N2O3/c1-17-10-4-3-9(12(7-10)18-2)8-15-6-5-11(14)13(15)16/h3-4,7,11H,5-6,8,14H2,1-2H3/t11-/m0/s1. The molecule has 5 nitrogen and oxygen atoms in total. The summed E-state index contributed by atoms with van der Waals surface area (Å²) < 4.78 is 10.5. The van der Waals surface area contributed by atoms with Crippen LogP contribution in [0.5, 0.6) is 11.5 Å². The molecule has 2 rings (SSSR count). The molecule has 0 aromatic heterocycles. The number of nitrogens with zero attached hydrogens (tertiary/aromatic N) is 1. The summed E-state index contributed by atoms with van der Waals surface area (Å²) in [6.45, 7) is 1.23. The fraction of sp³-hybridized carbons (Fsp3) is 0.462. The van der Waals surface area contributed by atoms with Crippen LogP contribution in [-0.4, -0.2) is 37.6 Å². The Morgan fingerprint density at radius 1 is 1.39 bits per heavy atom. The van der Waals surface area contributed by atoms with Crippen LogP contribution in [0.15, 0.2) is 18.2 Å². The molecule has 1 amide bonds. The third kappa shape index (κ3) is 2.41. The molecular formula is C13H18N2O3. The number of benzene rings is 1. The van der Waals surface area contributed by atoms with Gasteiger partial charge in [-0.15, -0.1) is 0 Å². The number of nitrogens with two attached hydrogens (primary N) is 1. The highest BCUT2D eigenvalue weighted by Gasteiger charge is 2.28. The largest absolute Gasteiger partial charge is 0.497 e. The molecule has 5 heteroatoms. The second kappa shape index (κ2) is 5.27. The van der Waals surface area contributed by atoms with Crippen molar-refractivity contribution in [2.75, 3.05) is 20.8 Å². The normalized spacial score (nSPS) is 19.2. The van der Waals surface area contributed by atoms with E-state index >= 15 is 0 Å². The molecule has 1 aliphatic heterocycles. The van der Waals surface area contributed by atoms with E-state index in [1.54, 1.807) is 19.1 Å². The third-order valence-corrected chi connectivity index (χ3v) is 3.19. The molecule has 0 saturated carbocycles. The number of carbonyl (C=O) groups excluding carboxylic acids is 1. The quantitative estimate of drug-likeness (QED) is 0.857. The molecule has 1 atom stereocenters. The number of likely N-dealkylation sites (tertiary alicyclic amines) is 1. The van der Waals surface area contributed by atoms with Crippen LogP contribution < -0.4 is 15.2 Å². The maximum absolute atomic E-state index is 11.8. The molecule has 98 valence electrons. The highest BCUT2D eigenvalue weighted by atomic mass is 16.5. The van der Waals surface area contributed by atoms with Crippen molar-refractivity contribution in [3.8, 4) is 11.5 Å². The first-order chi connectivity index (χ1) is 8.65. The van der Waals surface area contributed by atoms with Crippen molar-refractivity contribution in [2.24, 2.45) is 5.73 Å². The predicted molar refractivity (Wildman–Crippen MR) is 67.6 cm³/mol. The number of rotatable bonds is 4. The van der Waals surface area contributed by atoms with Crippen LogP contribution in [0.25, 0.3) is 0 Å². The van der Waals surface area contributed by atoms with Crippen LogP contribution in [0.4, 0.5) is 0 Å². The van der Waals surface area contributed by atoms with Gasteiger partial charge in [-0.2, -0.15) is 0 Å². The smallest absolute Gasteiger partial charge is 0.239 e. The zero-order chi connectivity index (χ0) is 13.1. The van der Waals surface area contributed by atoms with Crippen molar-refractivity contribution in [3.05, 3.63) is 23.8 Å². The lowest BCUT2D eigenvalue weighted by molar-refractivity contribution is -0.129. The molecule has 1 fully saturated rings. The van der Waals surface area contributed by atoms with Crippen LogP contribution in [-0.2, 0) is 11.3 Å². The lowest BCUT2D eigenvalue weighted by Gasteiger charge is -2.18. The van der Waals surface area contributed by atoms with E-state index in [2.05, 4.69) is 0 Å². The third-order valence-electron chi connectivity index (χ3n) is 3.19. The number of ether oxygens (including phenoxy) is 2. The summed E-state index contributed by atoms with van der Waals surface area (Å²) in [6.07, 6.45) is 0.720. The molecule has 0 unspecified atom stereocenters. The van der Waals surface area contributed by atoms with Gasteiger partial charge in [-0.25, -0.2) is 0 Å². The molecule has 0 aliphatic carbocycles. The van der Waals surface area contributed by atoms with E-state index in [0.717, 1.165) is 23.5 Å². The molecule has 1 aromatic carbocycles. The van der Waals surface area contributed by atoms with E-state index < -0.39 is 0 Å². The summed E-state index contributed by atoms with van der Waals surface area (Å²) in [5.74, 6) is 1.47. The van der Waals surface area contributed by atoms with Crippen molar-refractivity contribution >= 4 is 5.91 Å². The SMILES string of the molecule is COc1ccc(CN2CC[C@H](N)C2=O)c(OC)c1. The summed E-state index contributed by atoms with van der Waals surface area (Å²) in [6, 6.07) is 5.23. The van der Waals surface area contributed by atoms with Gasteiger partial charge in [0.1, 0.15) is 11.5 Å². The van der Waals surface area contributed by atoms with E-state index in [1.807, 2.05) is 18.2 Å². The number of hydrogen-bond donors (Lipinski definition) is 1. The predicted octanol–water partition coefficient (Wildman–Crippen LogP) is 0.763. The van der Waals surface area contributed by atoms with Gasteiger partial charge in [0.2, 0.25) is 5.91 Å². The van der Waals surface area contributed by atoms with E-state index in [-0.39, 0.29) is 11.9 Å². The number of hydrogen-bond acceptors (Lipinski definition) is 4. The van der Waals surface area contributed by atoms with Gasteiger partial charge >= 0.3 is 0 Å². The zero-order valence-corrected chi connectivity index (χ0v) is 10.7. The van der Waals surface area contributed by atoms with Gasteiger partial charge < -0.3 is 20.1 Å². The molecule has 18 heavy (non-hydrogen) atoms. The second-order valence-corrected chi connectivity index (χ2v) is 4.33. The molecule has 0 bridgehead atoms. The van der Waals surface area contributed by atoms with Gasteiger partial charge in [0.25, 0.3) is 0 Å². The molecule has 1 heterocycles. The van der Waals surface area contributed by atoms with Crippen molar-refractivity contribution in [1.29, 1.82) is 0 Å². The van der Waals surface area contributed by atoms with Gasteiger partial charge in [-0.3, -0.25) is 4.79 Å². The second-order valence-electron chi connectivity index (χ2n) is 4.33. The van der Waals surface area contributed by atoms with Gasteiger partial charge in [0, 0.05) is 24.7 Å². The Bertz CT molecular complexity index is 448. The van der Waals surface area contributed by atoms with E-state index in [9.17, 15) is 4.79 Å². The fourth-order valence-electron chi connectivity index (χ4n) is 2.11. The Balaban J connectivity index is 2.16. The molecule has 1 aromatic rings. The van der Waals surface area contributed by atoms with Crippen molar-refractivity contribution in [1.82, 2.24) is 4.90 Å². The van der Waals surface area contributed by atoms with Crippen molar-refractivity contribution in [2.45, 2.75) is 19.0 Å². The Morgan fingerprint density at radius 3 is 2.72 bits per heavy atom. The first-order valence-electron chi connectivity index (χ1n) is 5.91. The molecular weight excluding hydrogens is 232 g/mol. The number of carbonyl (C=O) groups is 1. The molecule has 1 aliphatic rings. The van der Waals surface area contributed by atoms with Gasteiger partial charge in [0.15, 0.2) is 0 Å². The maximum Gasteiger partial charge on any atom is 0.239 e. The van der Waals surface area contributed by atoms with Gasteiger partial charge in [-0.1, -0.05) is 0 Å². The lowest BCUT2D eigenvalue weighted by atomic mass is 10.2. The number of methoxy groups -OCH3 is 2. The number of amides is 1.